The number of carbonyl (C=O) groups is 2. The smallest absolute Gasteiger partial charge is 0.229 e. The quantitative estimate of drug-likeness (QED) is 0.912. The highest BCUT2D eigenvalue weighted by Crippen LogP contribution is 2.33. The molecule has 5 nitrogen and oxygen atoms in total. The first kappa shape index (κ1) is 15.4. The van der Waals surface area contributed by atoms with Crippen LogP contribution in [0.5, 0.6) is 5.75 Å². The number of aryl methyl sites for hydroxylation is 1. The maximum atomic E-state index is 12.5. The van der Waals surface area contributed by atoms with Crippen LogP contribution in [0.2, 0.25) is 0 Å². The minimum absolute atomic E-state index is 0.0296. The summed E-state index contributed by atoms with van der Waals surface area (Å²) >= 11 is 0. The summed E-state index contributed by atoms with van der Waals surface area (Å²) in [4.78, 5) is 25.5. The number of amides is 2. The van der Waals surface area contributed by atoms with Gasteiger partial charge in [-0.25, -0.2) is 0 Å². The third-order valence-corrected chi connectivity index (χ3v) is 4.30. The molecular weight excluding hydrogens is 268 g/mol. The van der Waals surface area contributed by atoms with E-state index >= 15 is 0 Å². The predicted octanol–water partition coefficient (Wildman–Crippen LogP) is 1.44. The lowest BCUT2D eigenvalue weighted by molar-refractivity contribution is -0.151. The van der Waals surface area contributed by atoms with E-state index in [2.05, 4.69) is 0 Å². The van der Waals surface area contributed by atoms with Crippen molar-refractivity contribution in [3.63, 3.8) is 0 Å². The number of carbonyl (C=O) groups excluding carboxylic acids is 2. The monoisotopic (exact) mass is 290 g/mol. The lowest BCUT2D eigenvalue weighted by Crippen LogP contribution is -2.63. The van der Waals surface area contributed by atoms with E-state index in [1.54, 1.807) is 18.9 Å². The Morgan fingerprint density at radius 1 is 1.38 bits per heavy atom. The number of hydrogen-bond donors (Lipinski definition) is 1. The Morgan fingerprint density at radius 3 is 2.48 bits per heavy atom. The molecule has 2 rings (SSSR count). The fraction of sp³-hybridized carbons (Fsp3) is 0.500. The van der Waals surface area contributed by atoms with Crippen LogP contribution in [0.1, 0.15) is 30.9 Å². The molecule has 0 aromatic heterocycles. The molecule has 1 aliphatic heterocycles. The van der Waals surface area contributed by atoms with Crippen molar-refractivity contribution >= 4 is 11.8 Å². The first-order valence-electron chi connectivity index (χ1n) is 7.02. The second kappa shape index (κ2) is 5.39. The molecule has 1 atom stereocenters. The Hall–Kier alpha value is -2.04. The molecule has 2 N–H and O–H groups in total. The van der Waals surface area contributed by atoms with Gasteiger partial charge < -0.3 is 15.4 Å². The number of benzene rings is 1. The molecule has 1 aliphatic rings. The fourth-order valence-electron chi connectivity index (χ4n) is 2.78. The molecule has 0 radical (unpaired) electrons. The van der Waals surface area contributed by atoms with Gasteiger partial charge in [-0.15, -0.1) is 0 Å². The Morgan fingerprint density at radius 2 is 2.00 bits per heavy atom. The van der Waals surface area contributed by atoms with E-state index < -0.39 is 5.41 Å². The summed E-state index contributed by atoms with van der Waals surface area (Å²) in [5, 5.41) is 0. The van der Waals surface area contributed by atoms with Crippen molar-refractivity contribution in [2.24, 2.45) is 11.1 Å². The van der Waals surface area contributed by atoms with Crippen LogP contribution in [-0.4, -0.2) is 36.9 Å². The van der Waals surface area contributed by atoms with Crippen LogP contribution >= 0.6 is 0 Å². The molecule has 0 aliphatic carbocycles. The van der Waals surface area contributed by atoms with E-state index in [0.29, 0.717) is 13.1 Å². The number of hydrogen-bond acceptors (Lipinski definition) is 3. The van der Waals surface area contributed by atoms with Crippen molar-refractivity contribution in [2.75, 3.05) is 20.2 Å². The van der Waals surface area contributed by atoms with E-state index in [1.165, 1.54) is 0 Å². The molecule has 0 spiro atoms. The van der Waals surface area contributed by atoms with Crippen molar-refractivity contribution in [3.8, 4) is 5.75 Å². The first-order chi connectivity index (χ1) is 9.78. The molecule has 1 aromatic rings. The number of nitrogens with two attached hydrogens (primary N) is 1. The van der Waals surface area contributed by atoms with Crippen LogP contribution in [0.15, 0.2) is 18.2 Å². The average molecular weight is 290 g/mol. The van der Waals surface area contributed by atoms with Gasteiger partial charge in [-0.05, 0) is 44.0 Å². The molecule has 21 heavy (non-hydrogen) atoms. The van der Waals surface area contributed by atoms with Crippen molar-refractivity contribution in [3.05, 3.63) is 29.3 Å². The summed E-state index contributed by atoms with van der Waals surface area (Å²) in [6.45, 7) is 6.45. The van der Waals surface area contributed by atoms with Gasteiger partial charge in [0.25, 0.3) is 0 Å². The topological polar surface area (TPSA) is 72.6 Å². The number of methoxy groups -OCH3 is 1. The molecule has 5 heteroatoms. The largest absolute Gasteiger partial charge is 0.497 e. The van der Waals surface area contributed by atoms with Gasteiger partial charge >= 0.3 is 0 Å². The minimum Gasteiger partial charge on any atom is -0.497 e. The van der Waals surface area contributed by atoms with Gasteiger partial charge in [0.05, 0.1) is 18.4 Å². The normalized spacial score (nSPS) is 17.8. The third kappa shape index (κ3) is 2.73. The summed E-state index contributed by atoms with van der Waals surface area (Å²) < 4.78 is 5.18. The lowest BCUT2D eigenvalue weighted by Gasteiger charge is -2.46. The zero-order chi connectivity index (χ0) is 15.8. The number of primary amides is 1. The van der Waals surface area contributed by atoms with Gasteiger partial charge in [0.1, 0.15) is 5.75 Å². The van der Waals surface area contributed by atoms with Crippen molar-refractivity contribution in [1.29, 1.82) is 0 Å². The highest BCUT2D eigenvalue weighted by Gasteiger charge is 2.46. The Balaban J connectivity index is 2.09. The molecule has 0 saturated carbocycles. The molecule has 114 valence electrons. The van der Waals surface area contributed by atoms with Gasteiger partial charge in [0, 0.05) is 13.1 Å². The van der Waals surface area contributed by atoms with Gasteiger partial charge in [0.15, 0.2) is 0 Å². The fourth-order valence-corrected chi connectivity index (χ4v) is 2.78. The lowest BCUT2D eigenvalue weighted by atomic mass is 9.80. The molecule has 1 heterocycles. The zero-order valence-electron chi connectivity index (χ0n) is 13.0. The second-order valence-corrected chi connectivity index (χ2v) is 6.06. The predicted molar refractivity (Wildman–Crippen MR) is 80.0 cm³/mol. The standard InChI is InChI=1S/C16H22N2O3/c1-10-7-12(21-4)5-6-13(10)11(2)14(19)18-8-16(3,9-18)15(17)20/h5-7,11H,8-9H2,1-4H3,(H2,17,20). The zero-order valence-corrected chi connectivity index (χ0v) is 13.0. The Kier molecular flexibility index (Phi) is 3.94. The van der Waals surface area contributed by atoms with E-state index in [4.69, 9.17) is 10.5 Å². The van der Waals surface area contributed by atoms with E-state index in [9.17, 15) is 9.59 Å². The highest BCUT2D eigenvalue weighted by molar-refractivity contribution is 5.89. The summed E-state index contributed by atoms with van der Waals surface area (Å²) in [5.74, 6) is 0.219. The maximum absolute atomic E-state index is 12.5. The van der Waals surface area contributed by atoms with Gasteiger partial charge in [-0.3, -0.25) is 9.59 Å². The molecule has 1 saturated heterocycles. The van der Waals surface area contributed by atoms with Crippen LogP contribution in [0.4, 0.5) is 0 Å². The molecule has 0 bridgehead atoms. The third-order valence-electron chi connectivity index (χ3n) is 4.30. The Labute approximate surface area is 125 Å². The van der Waals surface area contributed by atoms with E-state index in [-0.39, 0.29) is 17.7 Å². The van der Waals surface area contributed by atoms with E-state index in [1.807, 2.05) is 32.0 Å². The van der Waals surface area contributed by atoms with Crippen LogP contribution in [0.25, 0.3) is 0 Å². The maximum Gasteiger partial charge on any atom is 0.229 e. The molecular formula is C16H22N2O3. The van der Waals surface area contributed by atoms with Crippen molar-refractivity contribution in [2.45, 2.75) is 26.7 Å². The summed E-state index contributed by atoms with van der Waals surface area (Å²) in [6, 6.07) is 5.70. The SMILES string of the molecule is COc1ccc(C(C)C(=O)N2CC(C)(C(N)=O)C2)c(C)c1. The summed E-state index contributed by atoms with van der Waals surface area (Å²) in [6.07, 6.45) is 0. The minimum atomic E-state index is -0.579. The van der Waals surface area contributed by atoms with Crippen molar-refractivity contribution < 1.29 is 14.3 Å². The number of ether oxygens (including phenoxy) is 1. The second-order valence-electron chi connectivity index (χ2n) is 6.06. The number of likely N-dealkylation sites (tertiary alicyclic amines) is 1. The van der Waals surface area contributed by atoms with Gasteiger partial charge in [0.2, 0.25) is 11.8 Å². The number of nitrogens with zero attached hydrogens (tertiary/aromatic N) is 1. The van der Waals surface area contributed by atoms with Gasteiger partial charge in [-0.2, -0.15) is 0 Å². The molecule has 1 aromatic carbocycles. The van der Waals surface area contributed by atoms with Crippen LogP contribution in [0, 0.1) is 12.3 Å². The van der Waals surface area contributed by atoms with Gasteiger partial charge in [-0.1, -0.05) is 6.07 Å². The summed E-state index contributed by atoms with van der Waals surface area (Å²) in [5.41, 5.74) is 6.77. The van der Waals surface area contributed by atoms with Crippen LogP contribution in [-0.2, 0) is 9.59 Å². The summed E-state index contributed by atoms with van der Waals surface area (Å²) in [7, 11) is 1.62. The van der Waals surface area contributed by atoms with Crippen LogP contribution in [0.3, 0.4) is 0 Å². The Bertz CT molecular complexity index is 577. The highest BCUT2D eigenvalue weighted by atomic mass is 16.5. The molecule has 1 fully saturated rings. The van der Waals surface area contributed by atoms with E-state index in [0.717, 1.165) is 16.9 Å². The molecule has 1 unspecified atom stereocenters. The van der Waals surface area contributed by atoms with Crippen molar-refractivity contribution in [1.82, 2.24) is 4.90 Å². The molecule has 2 amide bonds. The first-order valence-corrected chi connectivity index (χ1v) is 7.02. The average Bonchev–Trinajstić information content (AvgIpc) is 2.41. The number of rotatable bonds is 4. The van der Waals surface area contributed by atoms with Crippen LogP contribution < -0.4 is 10.5 Å².